The van der Waals surface area contributed by atoms with Crippen molar-refractivity contribution in [3.05, 3.63) is 60.9 Å². The van der Waals surface area contributed by atoms with Gasteiger partial charge in [-0.3, -0.25) is 9.36 Å². The van der Waals surface area contributed by atoms with Gasteiger partial charge in [0.15, 0.2) is 0 Å². The third-order valence-corrected chi connectivity index (χ3v) is 3.70. The van der Waals surface area contributed by atoms with E-state index in [4.69, 9.17) is 4.74 Å². The highest BCUT2D eigenvalue weighted by atomic mass is 16.5. The van der Waals surface area contributed by atoms with Crippen LogP contribution in [-0.4, -0.2) is 30.0 Å². The lowest BCUT2D eigenvalue weighted by atomic mass is 10.1. The molecule has 0 aliphatic carbocycles. The van der Waals surface area contributed by atoms with Gasteiger partial charge in [-0.15, -0.1) is 10.2 Å². The van der Waals surface area contributed by atoms with E-state index in [2.05, 4.69) is 20.6 Å². The summed E-state index contributed by atoms with van der Waals surface area (Å²) in [5, 5.41) is 16.2. The SMILES string of the molecule is Cn1cc(-c2cccc(Oc3cccc(-c4cn(C)nn4)c3)c2)nn1. The highest BCUT2D eigenvalue weighted by Gasteiger charge is 2.07. The molecule has 7 heteroatoms. The van der Waals surface area contributed by atoms with Crippen LogP contribution in [0.3, 0.4) is 0 Å². The van der Waals surface area contributed by atoms with Gasteiger partial charge in [0.25, 0.3) is 0 Å². The van der Waals surface area contributed by atoms with Crippen molar-refractivity contribution in [3.63, 3.8) is 0 Å². The van der Waals surface area contributed by atoms with E-state index in [0.29, 0.717) is 0 Å². The highest BCUT2D eigenvalue weighted by Crippen LogP contribution is 2.28. The number of aromatic nitrogens is 6. The molecule has 0 bridgehead atoms. The second-order valence-corrected chi connectivity index (χ2v) is 5.71. The van der Waals surface area contributed by atoms with Crippen LogP contribution in [0.1, 0.15) is 0 Å². The maximum Gasteiger partial charge on any atom is 0.128 e. The van der Waals surface area contributed by atoms with Crippen molar-refractivity contribution in [2.45, 2.75) is 0 Å². The molecule has 0 saturated heterocycles. The molecule has 7 nitrogen and oxygen atoms in total. The minimum atomic E-state index is 0.736. The first-order chi connectivity index (χ1) is 12.2. The van der Waals surface area contributed by atoms with E-state index in [-0.39, 0.29) is 0 Å². The normalized spacial score (nSPS) is 10.8. The molecule has 0 spiro atoms. The Bertz CT molecular complexity index is 938. The Morgan fingerprint density at radius 3 is 1.60 bits per heavy atom. The van der Waals surface area contributed by atoms with Gasteiger partial charge in [-0.2, -0.15) is 0 Å². The van der Waals surface area contributed by atoms with Crippen molar-refractivity contribution >= 4 is 0 Å². The van der Waals surface area contributed by atoms with E-state index in [9.17, 15) is 0 Å². The fourth-order valence-corrected chi connectivity index (χ4v) is 2.53. The Balaban J connectivity index is 1.60. The largest absolute Gasteiger partial charge is 0.457 e. The van der Waals surface area contributed by atoms with Gasteiger partial charge in [0, 0.05) is 25.2 Å². The number of hydrogen-bond donors (Lipinski definition) is 0. The first-order valence-electron chi connectivity index (χ1n) is 7.79. The molecule has 0 amide bonds. The number of benzene rings is 2. The third-order valence-electron chi connectivity index (χ3n) is 3.70. The fourth-order valence-electron chi connectivity index (χ4n) is 2.53. The minimum Gasteiger partial charge on any atom is -0.457 e. The first-order valence-corrected chi connectivity index (χ1v) is 7.79. The molecule has 0 fully saturated rings. The number of rotatable bonds is 4. The highest BCUT2D eigenvalue weighted by molar-refractivity contribution is 5.62. The monoisotopic (exact) mass is 332 g/mol. The van der Waals surface area contributed by atoms with E-state index in [1.807, 2.05) is 75.0 Å². The van der Waals surface area contributed by atoms with Crippen LogP contribution in [0.2, 0.25) is 0 Å². The van der Waals surface area contributed by atoms with Gasteiger partial charge in [-0.05, 0) is 24.3 Å². The molecular formula is C18H16N6O. The molecule has 2 heterocycles. The summed E-state index contributed by atoms with van der Waals surface area (Å²) in [6, 6.07) is 15.5. The van der Waals surface area contributed by atoms with E-state index < -0.39 is 0 Å². The second kappa shape index (κ2) is 6.20. The number of aryl methyl sites for hydroxylation is 2. The summed E-state index contributed by atoms with van der Waals surface area (Å²) in [4.78, 5) is 0. The maximum absolute atomic E-state index is 6.01. The summed E-state index contributed by atoms with van der Waals surface area (Å²) in [7, 11) is 3.68. The van der Waals surface area contributed by atoms with Gasteiger partial charge in [0.1, 0.15) is 22.9 Å². The zero-order valence-corrected chi connectivity index (χ0v) is 13.9. The summed E-state index contributed by atoms with van der Waals surface area (Å²) in [6.07, 6.45) is 3.74. The van der Waals surface area contributed by atoms with E-state index in [0.717, 1.165) is 34.0 Å². The van der Waals surface area contributed by atoms with E-state index in [1.165, 1.54) is 0 Å². The fraction of sp³-hybridized carbons (Fsp3) is 0.111. The predicted octanol–water partition coefficient (Wildman–Crippen LogP) is 3.07. The molecule has 25 heavy (non-hydrogen) atoms. The van der Waals surface area contributed by atoms with Crippen molar-refractivity contribution in [2.75, 3.05) is 0 Å². The van der Waals surface area contributed by atoms with Crippen LogP contribution in [-0.2, 0) is 14.1 Å². The Morgan fingerprint density at radius 2 is 1.20 bits per heavy atom. The van der Waals surface area contributed by atoms with Crippen LogP contribution < -0.4 is 4.74 Å². The zero-order valence-electron chi connectivity index (χ0n) is 13.9. The zero-order chi connectivity index (χ0) is 17.2. The van der Waals surface area contributed by atoms with Crippen LogP contribution in [0.25, 0.3) is 22.5 Å². The summed E-state index contributed by atoms with van der Waals surface area (Å²) < 4.78 is 9.35. The second-order valence-electron chi connectivity index (χ2n) is 5.71. The molecule has 2 aromatic heterocycles. The lowest BCUT2D eigenvalue weighted by molar-refractivity contribution is 0.483. The number of nitrogens with zero attached hydrogens (tertiary/aromatic N) is 6. The lowest BCUT2D eigenvalue weighted by Gasteiger charge is -2.08. The van der Waals surface area contributed by atoms with Gasteiger partial charge in [-0.25, -0.2) is 0 Å². The predicted molar refractivity (Wildman–Crippen MR) is 93.0 cm³/mol. The topological polar surface area (TPSA) is 70.7 Å². The molecule has 0 unspecified atom stereocenters. The molecular weight excluding hydrogens is 316 g/mol. The van der Waals surface area contributed by atoms with Crippen molar-refractivity contribution in [1.82, 2.24) is 30.0 Å². The smallest absolute Gasteiger partial charge is 0.128 e. The Morgan fingerprint density at radius 1 is 0.720 bits per heavy atom. The molecule has 4 rings (SSSR count). The van der Waals surface area contributed by atoms with Gasteiger partial charge >= 0.3 is 0 Å². The van der Waals surface area contributed by atoms with Gasteiger partial charge in [0.05, 0.1) is 12.4 Å². The van der Waals surface area contributed by atoms with Gasteiger partial charge in [0.2, 0.25) is 0 Å². The van der Waals surface area contributed by atoms with Gasteiger partial charge < -0.3 is 4.74 Å². The summed E-state index contributed by atoms with van der Waals surface area (Å²) >= 11 is 0. The third kappa shape index (κ3) is 3.25. The number of ether oxygens (including phenoxy) is 1. The van der Waals surface area contributed by atoms with Crippen molar-refractivity contribution in [3.8, 4) is 34.0 Å². The Hall–Kier alpha value is -3.48. The molecule has 0 aliphatic heterocycles. The van der Waals surface area contributed by atoms with E-state index >= 15 is 0 Å². The molecule has 2 aromatic carbocycles. The van der Waals surface area contributed by atoms with Crippen LogP contribution in [0.15, 0.2) is 60.9 Å². The Labute approximate surface area is 144 Å². The average molecular weight is 332 g/mol. The quantitative estimate of drug-likeness (QED) is 0.574. The van der Waals surface area contributed by atoms with Crippen molar-refractivity contribution in [1.29, 1.82) is 0 Å². The first kappa shape index (κ1) is 15.1. The van der Waals surface area contributed by atoms with Crippen LogP contribution in [0, 0.1) is 0 Å². The molecule has 0 N–H and O–H groups in total. The summed E-state index contributed by atoms with van der Waals surface area (Å²) in [6.45, 7) is 0. The van der Waals surface area contributed by atoms with Crippen LogP contribution in [0.5, 0.6) is 11.5 Å². The van der Waals surface area contributed by atoms with Crippen molar-refractivity contribution < 1.29 is 4.74 Å². The lowest BCUT2D eigenvalue weighted by Crippen LogP contribution is -1.87. The number of hydrogen-bond acceptors (Lipinski definition) is 5. The average Bonchev–Trinajstić information content (AvgIpc) is 3.24. The molecule has 124 valence electrons. The Kier molecular flexibility index (Phi) is 3.74. The maximum atomic E-state index is 6.01. The molecule has 0 saturated carbocycles. The summed E-state index contributed by atoms with van der Waals surface area (Å²) in [5.74, 6) is 1.47. The molecule has 0 aliphatic rings. The molecule has 0 radical (unpaired) electrons. The molecule has 4 aromatic rings. The summed E-state index contributed by atoms with van der Waals surface area (Å²) in [5.41, 5.74) is 3.52. The standard InChI is InChI=1S/C18H16N6O/c1-23-11-17(19-21-23)13-5-3-7-15(9-13)25-16-8-4-6-14(10-16)18-12-24(2)22-20-18/h3-12H,1-2H3. The minimum absolute atomic E-state index is 0.736. The van der Waals surface area contributed by atoms with E-state index in [1.54, 1.807) is 9.36 Å². The van der Waals surface area contributed by atoms with Crippen molar-refractivity contribution in [2.24, 2.45) is 14.1 Å². The molecule has 0 atom stereocenters. The van der Waals surface area contributed by atoms with Crippen LogP contribution in [0.4, 0.5) is 0 Å². The van der Waals surface area contributed by atoms with Crippen LogP contribution >= 0.6 is 0 Å². The van der Waals surface area contributed by atoms with Gasteiger partial charge in [-0.1, -0.05) is 34.7 Å².